The van der Waals surface area contributed by atoms with Gasteiger partial charge in [-0.15, -0.1) is 0 Å². The molecule has 2 aromatic rings. The Balaban J connectivity index is 1.83. The van der Waals surface area contributed by atoms with Crippen LogP contribution in [-0.2, 0) is 17.3 Å². The molecule has 1 aromatic heterocycles. The molecule has 0 bridgehead atoms. The predicted octanol–water partition coefficient (Wildman–Crippen LogP) is 5.69. The molecule has 1 fully saturated rings. The number of fused-ring (bicyclic) bond motifs is 1. The van der Waals surface area contributed by atoms with E-state index in [1.807, 2.05) is 0 Å². The highest BCUT2D eigenvalue weighted by atomic mass is 127. The van der Waals surface area contributed by atoms with Gasteiger partial charge in [-0.05, 0) is 71.4 Å². The van der Waals surface area contributed by atoms with Gasteiger partial charge in [-0.1, -0.05) is 26.0 Å². The lowest BCUT2D eigenvalue weighted by Crippen LogP contribution is -2.30. The molecule has 2 heterocycles. The quantitative estimate of drug-likeness (QED) is 0.474. The Hall–Kier alpha value is -1.23. The third-order valence-electron chi connectivity index (χ3n) is 6.48. The summed E-state index contributed by atoms with van der Waals surface area (Å²) in [5.41, 5.74) is 2.47. The van der Waals surface area contributed by atoms with Crippen molar-refractivity contribution in [2.24, 2.45) is 5.41 Å². The van der Waals surface area contributed by atoms with Crippen LogP contribution in [0.4, 0.5) is 13.2 Å². The maximum Gasteiger partial charge on any atom is 0.416 e. The first-order chi connectivity index (χ1) is 15.0. The number of hydrogen-bond donors (Lipinski definition) is 2. The summed E-state index contributed by atoms with van der Waals surface area (Å²) in [6.07, 6.45) is -3.43. The van der Waals surface area contributed by atoms with E-state index in [0.717, 1.165) is 51.9 Å². The van der Waals surface area contributed by atoms with Gasteiger partial charge in [-0.25, -0.2) is 0 Å². The number of halogens is 4. The molecule has 0 saturated carbocycles. The fraction of sp³-hybridized carbons (Fsp3) is 0.542. The molecular weight excluding hydrogens is 534 g/mol. The van der Waals surface area contributed by atoms with Crippen molar-refractivity contribution in [1.82, 2.24) is 4.98 Å². The van der Waals surface area contributed by atoms with Crippen LogP contribution in [0.25, 0.3) is 0 Å². The highest BCUT2D eigenvalue weighted by Crippen LogP contribution is 2.46. The Kier molecular flexibility index (Phi) is 6.61. The van der Waals surface area contributed by atoms with E-state index < -0.39 is 23.9 Å². The summed E-state index contributed by atoms with van der Waals surface area (Å²) in [6.45, 7) is 5.41. The van der Waals surface area contributed by atoms with Crippen molar-refractivity contribution in [1.29, 1.82) is 0 Å². The molecule has 4 rings (SSSR count). The van der Waals surface area contributed by atoms with Gasteiger partial charge in [-0.3, -0.25) is 4.98 Å². The zero-order chi connectivity index (χ0) is 23.3. The molecular formula is C24H27F3INO3. The van der Waals surface area contributed by atoms with Gasteiger partial charge in [0, 0.05) is 39.5 Å². The van der Waals surface area contributed by atoms with Crippen LogP contribution in [0.1, 0.15) is 84.9 Å². The number of hydrogen-bond acceptors (Lipinski definition) is 4. The zero-order valence-corrected chi connectivity index (χ0v) is 20.2. The fourth-order valence-electron chi connectivity index (χ4n) is 4.84. The molecule has 32 heavy (non-hydrogen) atoms. The van der Waals surface area contributed by atoms with Gasteiger partial charge in [0.25, 0.3) is 0 Å². The number of aliphatic hydroxyl groups excluding tert-OH is 2. The average Bonchev–Trinajstić information content (AvgIpc) is 2.72. The highest BCUT2D eigenvalue weighted by Gasteiger charge is 2.38. The molecule has 2 atom stereocenters. The van der Waals surface area contributed by atoms with E-state index in [9.17, 15) is 23.4 Å². The van der Waals surface area contributed by atoms with Gasteiger partial charge in [0.05, 0.1) is 17.4 Å². The fourth-order valence-corrected chi connectivity index (χ4v) is 6.08. The maximum absolute atomic E-state index is 13.0. The zero-order valence-electron chi connectivity index (χ0n) is 18.0. The standard InChI is InChI=1S/C24H27F3INO3/c1-23(2)11-16-18(17(30)12-23)20(28)19(21(29-16)13-7-9-32-10-8-13)22(31)14-3-5-15(6-4-14)24(25,26)27/h3-6,13,17,22,30-31H,7-12H2,1-2H3/t17-,22+/m0/s1. The largest absolute Gasteiger partial charge is 0.416 e. The second-order valence-corrected chi connectivity index (χ2v) is 10.6. The van der Waals surface area contributed by atoms with Crippen LogP contribution in [-0.4, -0.2) is 28.4 Å². The van der Waals surface area contributed by atoms with Crippen LogP contribution in [0.2, 0.25) is 0 Å². The summed E-state index contributed by atoms with van der Waals surface area (Å²) in [5.74, 6) is 0.0869. The van der Waals surface area contributed by atoms with Gasteiger partial charge in [0.1, 0.15) is 6.10 Å². The van der Waals surface area contributed by atoms with Gasteiger partial charge >= 0.3 is 6.18 Å². The molecule has 1 saturated heterocycles. The number of rotatable bonds is 3. The summed E-state index contributed by atoms with van der Waals surface area (Å²) < 4.78 is 45.2. The lowest BCUT2D eigenvalue weighted by Gasteiger charge is -2.37. The number of nitrogens with zero attached hydrogens (tertiary/aromatic N) is 1. The molecule has 2 aliphatic rings. The molecule has 0 amide bonds. The van der Waals surface area contributed by atoms with E-state index in [-0.39, 0.29) is 11.3 Å². The van der Waals surface area contributed by atoms with Gasteiger partial charge < -0.3 is 14.9 Å². The van der Waals surface area contributed by atoms with Gasteiger partial charge in [0.15, 0.2) is 0 Å². The Labute approximate surface area is 199 Å². The van der Waals surface area contributed by atoms with Gasteiger partial charge in [0.2, 0.25) is 0 Å². The first-order valence-corrected chi connectivity index (χ1v) is 11.9. The SMILES string of the molecule is CC1(C)Cc2nc(C3CCOCC3)c([C@H](O)c3ccc(C(F)(F)F)cc3)c(I)c2[C@@H](O)C1. The van der Waals surface area contributed by atoms with E-state index in [0.29, 0.717) is 30.8 Å². The summed E-state index contributed by atoms with van der Waals surface area (Å²) in [6, 6.07) is 4.61. The third-order valence-corrected chi connectivity index (χ3v) is 7.64. The van der Waals surface area contributed by atoms with Gasteiger partial charge in [-0.2, -0.15) is 13.2 Å². The minimum Gasteiger partial charge on any atom is -0.388 e. The summed E-state index contributed by atoms with van der Waals surface area (Å²) in [5, 5.41) is 22.2. The third kappa shape index (κ3) is 4.69. The number of pyridine rings is 1. The molecule has 8 heteroatoms. The van der Waals surface area contributed by atoms with Crippen molar-refractivity contribution in [3.8, 4) is 0 Å². The summed E-state index contributed by atoms with van der Waals surface area (Å²) >= 11 is 2.16. The molecule has 1 aromatic carbocycles. The molecule has 4 nitrogen and oxygen atoms in total. The lowest BCUT2D eigenvalue weighted by atomic mass is 9.74. The Morgan fingerprint density at radius 3 is 2.38 bits per heavy atom. The number of benzene rings is 1. The molecule has 2 N–H and O–H groups in total. The van der Waals surface area contributed by atoms with Crippen LogP contribution in [0.3, 0.4) is 0 Å². The molecule has 0 spiro atoms. The van der Waals surface area contributed by atoms with Crippen molar-refractivity contribution in [3.05, 3.63) is 61.5 Å². The topological polar surface area (TPSA) is 62.6 Å². The van der Waals surface area contributed by atoms with Crippen molar-refractivity contribution in [2.45, 2.75) is 63.8 Å². The normalized spacial score (nSPS) is 22.4. The van der Waals surface area contributed by atoms with Crippen molar-refractivity contribution in [3.63, 3.8) is 0 Å². The Morgan fingerprint density at radius 2 is 1.78 bits per heavy atom. The second kappa shape index (κ2) is 8.85. The van der Waals surface area contributed by atoms with Crippen LogP contribution in [0.15, 0.2) is 24.3 Å². The summed E-state index contributed by atoms with van der Waals surface area (Å²) in [4.78, 5) is 4.99. The molecule has 0 radical (unpaired) electrons. The first-order valence-electron chi connectivity index (χ1n) is 10.8. The van der Waals surface area contributed by atoms with Crippen LogP contribution >= 0.6 is 22.6 Å². The number of aromatic nitrogens is 1. The molecule has 174 valence electrons. The van der Waals surface area contributed by atoms with E-state index in [4.69, 9.17) is 9.72 Å². The number of ether oxygens (including phenoxy) is 1. The Bertz CT molecular complexity index is 985. The number of alkyl halides is 3. The predicted molar refractivity (Wildman–Crippen MR) is 122 cm³/mol. The van der Waals surface area contributed by atoms with E-state index in [1.165, 1.54) is 12.1 Å². The summed E-state index contributed by atoms with van der Waals surface area (Å²) in [7, 11) is 0. The minimum atomic E-state index is -4.44. The van der Waals surface area contributed by atoms with Crippen molar-refractivity contribution < 1.29 is 28.1 Å². The molecule has 1 aliphatic heterocycles. The van der Waals surface area contributed by atoms with E-state index in [1.54, 1.807) is 0 Å². The average molecular weight is 561 g/mol. The molecule has 1 aliphatic carbocycles. The second-order valence-electron chi connectivity index (χ2n) is 9.55. The van der Waals surface area contributed by atoms with Crippen LogP contribution in [0.5, 0.6) is 0 Å². The lowest BCUT2D eigenvalue weighted by molar-refractivity contribution is -0.137. The smallest absolute Gasteiger partial charge is 0.388 e. The first kappa shape index (κ1) is 23.9. The van der Waals surface area contributed by atoms with E-state index in [2.05, 4.69) is 36.4 Å². The minimum absolute atomic E-state index is 0.0869. The Morgan fingerprint density at radius 1 is 1.16 bits per heavy atom. The maximum atomic E-state index is 13.0. The van der Waals surface area contributed by atoms with Crippen LogP contribution in [0, 0.1) is 8.99 Å². The highest BCUT2D eigenvalue weighted by molar-refractivity contribution is 14.1. The van der Waals surface area contributed by atoms with Crippen LogP contribution < -0.4 is 0 Å². The van der Waals surface area contributed by atoms with Crippen molar-refractivity contribution in [2.75, 3.05) is 13.2 Å². The molecule has 0 unspecified atom stereocenters. The van der Waals surface area contributed by atoms with Crippen molar-refractivity contribution >= 4 is 22.6 Å². The monoisotopic (exact) mass is 561 g/mol. The number of aliphatic hydroxyl groups is 2. The van der Waals surface area contributed by atoms with E-state index >= 15 is 0 Å².